The van der Waals surface area contributed by atoms with E-state index >= 15 is 0 Å². The first kappa shape index (κ1) is 10.3. The molecule has 0 aromatic heterocycles. The maximum atomic E-state index is 3.72. The number of nitrogens with zero attached hydrogens (tertiary/aromatic N) is 1. The van der Waals surface area contributed by atoms with Crippen LogP contribution in [0.15, 0.2) is 30.3 Å². The highest BCUT2D eigenvalue weighted by molar-refractivity contribution is 5.15. The van der Waals surface area contributed by atoms with Gasteiger partial charge in [0.05, 0.1) is 0 Å². The molecular weight excluding hydrogens is 196 g/mol. The van der Waals surface area contributed by atoms with Crippen LogP contribution in [-0.4, -0.2) is 30.1 Å². The second-order valence-corrected chi connectivity index (χ2v) is 5.17. The Morgan fingerprint density at radius 3 is 2.69 bits per heavy atom. The molecule has 2 nitrogen and oxygen atoms in total. The predicted octanol–water partition coefficient (Wildman–Crippen LogP) is 2.01. The summed E-state index contributed by atoms with van der Waals surface area (Å²) in [6.07, 6.45) is 4.13. The molecule has 2 unspecified atom stereocenters. The van der Waals surface area contributed by atoms with Crippen LogP contribution in [0.3, 0.4) is 0 Å². The average molecular weight is 216 g/mol. The normalized spacial score (nSPS) is 33.4. The summed E-state index contributed by atoms with van der Waals surface area (Å²) < 4.78 is 0. The summed E-state index contributed by atoms with van der Waals surface area (Å²) in [6, 6.07) is 13.0. The molecule has 2 fully saturated rings. The van der Waals surface area contributed by atoms with Crippen LogP contribution in [0, 0.1) is 0 Å². The van der Waals surface area contributed by atoms with Gasteiger partial charge >= 0.3 is 0 Å². The van der Waals surface area contributed by atoms with Crippen LogP contribution in [0.4, 0.5) is 0 Å². The molecule has 2 heteroatoms. The van der Waals surface area contributed by atoms with E-state index in [0.29, 0.717) is 6.04 Å². The molecule has 1 aromatic carbocycles. The van der Waals surface area contributed by atoms with Crippen LogP contribution in [0.5, 0.6) is 0 Å². The first-order valence-corrected chi connectivity index (χ1v) is 6.34. The number of hydrogen-bond donors (Lipinski definition) is 1. The Labute approximate surface area is 97.6 Å². The Hall–Kier alpha value is -0.860. The summed E-state index contributed by atoms with van der Waals surface area (Å²) >= 11 is 0. The van der Waals surface area contributed by atoms with Gasteiger partial charge in [0, 0.05) is 24.7 Å². The minimum atomic E-state index is 0.712. The molecule has 1 aromatic rings. The zero-order valence-electron chi connectivity index (χ0n) is 9.89. The summed E-state index contributed by atoms with van der Waals surface area (Å²) in [6.45, 7) is 1.02. The molecular formula is C14H20N2. The van der Waals surface area contributed by atoms with Gasteiger partial charge in [0.1, 0.15) is 0 Å². The minimum Gasteiger partial charge on any atom is -0.308 e. The van der Waals surface area contributed by atoms with Crippen LogP contribution in [0.1, 0.15) is 24.8 Å². The molecule has 3 atom stereocenters. The van der Waals surface area contributed by atoms with Crippen molar-refractivity contribution in [1.29, 1.82) is 0 Å². The van der Waals surface area contributed by atoms with Crippen molar-refractivity contribution in [3.63, 3.8) is 0 Å². The summed E-state index contributed by atoms with van der Waals surface area (Å²) in [4.78, 5) is 2.57. The van der Waals surface area contributed by atoms with E-state index in [9.17, 15) is 0 Å². The van der Waals surface area contributed by atoms with Crippen LogP contribution >= 0.6 is 0 Å². The molecule has 3 rings (SSSR count). The van der Waals surface area contributed by atoms with E-state index in [1.165, 1.54) is 24.8 Å². The van der Waals surface area contributed by atoms with Crippen molar-refractivity contribution >= 4 is 0 Å². The monoisotopic (exact) mass is 216 g/mol. The molecule has 2 aliphatic heterocycles. The summed E-state index contributed by atoms with van der Waals surface area (Å²) in [5, 5.41) is 3.72. The number of nitrogens with one attached hydrogen (secondary N) is 1. The van der Waals surface area contributed by atoms with E-state index in [4.69, 9.17) is 0 Å². The van der Waals surface area contributed by atoms with Crippen molar-refractivity contribution in [3.05, 3.63) is 35.9 Å². The number of rotatable bonds is 3. The van der Waals surface area contributed by atoms with E-state index in [-0.39, 0.29) is 0 Å². The van der Waals surface area contributed by atoms with Crippen molar-refractivity contribution in [1.82, 2.24) is 10.2 Å². The van der Waals surface area contributed by atoms with Crippen LogP contribution in [0.2, 0.25) is 0 Å². The number of hydrogen-bond acceptors (Lipinski definition) is 2. The van der Waals surface area contributed by atoms with Gasteiger partial charge in [-0.1, -0.05) is 30.3 Å². The fourth-order valence-corrected chi connectivity index (χ4v) is 3.32. The fourth-order valence-electron chi connectivity index (χ4n) is 3.32. The molecule has 16 heavy (non-hydrogen) atoms. The van der Waals surface area contributed by atoms with E-state index in [1.807, 2.05) is 0 Å². The second kappa shape index (κ2) is 4.19. The van der Waals surface area contributed by atoms with Crippen LogP contribution in [0.25, 0.3) is 0 Å². The van der Waals surface area contributed by atoms with Gasteiger partial charge in [-0.2, -0.15) is 0 Å². The van der Waals surface area contributed by atoms with Gasteiger partial charge < -0.3 is 5.32 Å². The highest BCUT2D eigenvalue weighted by atomic mass is 15.2. The van der Waals surface area contributed by atoms with Crippen molar-refractivity contribution in [2.24, 2.45) is 0 Å². The van der Waals surface area contributed by atoms with E-state index in [2.05, 4.69) is 47.6 Å². The fraction of sp³-hybridized carbons (Fsp3) is 0.571. The lowest BCUT2D eigenvalue weighted by Gasteiger charge is -2.22. The molecule has 0 amide bonds. The van der Waals surface area contributed by atoms with Gasteiger partial charge in [-0.05, 0) is 31.9 Å². The van der Waals surface area contributed by atoms with E-state index in [0.717, 1.165) is 18.6 Å². The quantitative estimate of drug-likeness (QED) is 0.831. The predicted molar refractivity (Wildman–Crippen MR) is 66.3 cm³/mol. The summed E-state index contributed by atoms with van der Waals surface area (Å²) in [5.74, 6) is 0. The lowest BCUT2D eigenvalue weighted by molar-refractivity contribution is 0.296. The summed E-state index contributed by atoms with van der Waals surface area (Å²) in [7, 11) is 2.28. The van der Waals surface area contributed by atoms with Gasteiger partial charge in [-0.25, -0.2) is 0 Å². The molecule has 2 bridgehead atoms. The zero-order valence-corrected chi connectivity index (χ0v) is 9.89. The third kappa shape index (κ3) is 1.76. The standard InChI is InChI=1S/C14H20N2/c1-16-12-7-8-14(16)13(9-12)15-10-11-5-3-2-4-6-11/h2-6,12-15H,7-10H2,1H3/t12?,13?,14-/m0/s1. The molecule has 2 heterocycles. The summed E-state index contributed by atoms with van der Waals surface area (Å²) in [5.41, 5.74) is 1.40. The molecule has 0 saturated carbocycles. The van der Waals surface area contributed by atoms with Crippen LogP contribution in [-0.2, 0) is 6.54 Å². The molecule has 2 aliphatic rings. The second-order valence-electron chi connectivity index (χ2n) is 5.17. The van der Waals surface area contributed by atoms with Gasteiger partial charge in [0.2, 0.25) is 0 Å². The molecule has 1 N–H and O–H groups in total. The molecule has 2 saturated heterocycles. The van der Waals surface area contributed by atoms with E-state index in [1.54, 1.807) is 0 Å². The topological polar surface area (TPSA) is 15.3 Å². The molecule has 86 valence electrons. The van der Waals surface area contributed by atoms with Crippen LogP contribution < -0.4 is 5.32 Å². The third-order valence-electron chi connectivity index (χ3n) is 4.30. The Morgan fingerprint density at radius 1 is 1.25 bits per heavy atom. The van der Waals surface area contributed by atoms with E-state index < -0.39 is 0 Å². The van der Waals surface area contributed by atoms with Gasteiger partial charge in [0.25, 0.3) is 0 Å². The number of fused-ring (bicyclic) bond motifs is 2. The minimum absolute atomic E-state index is 0.712. The highest BCUT2D eigenvalue weighted by Crippen LogP contribution is 2.36. The molecule has 0 aliphatic carbocycles. The first-order valence-electron chi connectivity index (χ1n) is 6.34. The Morgan fingerprint density at radius 2 is 2.06 bits per heavy atom. The van der Waals surface area contributed by atoms with Crippen molar-refractivity contribution in [2.75, 3.05) is 7.05 Å². The average Bonchev–Trinajstić information content (AvgIpc) is 2.84. The number of likely N-dealkylation sites (N-methyl/N-ethyl adjacent to an activating group) is 1. The van der Waals surface area contributed by atoms with Crippen molar-refractivity contribution < 1.29 is 0 Å². The zero-order chi connectivity index (χ0) is 11.0. The lowest BCUT2D eigenvalue weighted by atomic mass is 9.95. The van der Waals surface area contributed by atoms with Crippen molar-refractivity contribution in [2.45, 2.75) is 43.9 Å². The highest BCUT2D eigenvalue weighted by Gasteiger charge is 2.43. The first-order chi connectivity index (χ1) is 7.84. The Bertz CT molecular complexity index is 349. The third-order valence-corrected chi connectivity index (χ3v) is 4.30. The van der Waals surface area contributed by atoms with Gasteiger partial charge in [0.15, 0.2) is 0 Å². The largest absolute Gasteiger partial charge is 0.308 e. The number of benzene rings is 1. The van der Waals surface area contributed by atoms with Gasteiger partial charge in [-0.15, -0.1) is 0 Å². The van der Waals surface area contributed by atoms with Crippen molar-refractivity contribution in [3.8, 4) is 0 Å². The molecule has 0 radical (unpaired) electrons. The smallest absolute Gasteiger partial charge is 0.0250 e. The van der Waals surface area contributed by atoms with Gasteiger partial charge in [-0.3, -0.25) is 4.90 Å². The lowest BCUT2D eigenvalue weighted by Crippen LogP contribution is -2.39. The SMILES string of the molecule is CN1C2CC[C@H]1C(NCc1ccccc1)C2. The maximum Gasteiger partial charge on any atom is 0.0250 e. The maximum absolute atomic E-state index is 3.72. The Balaban J connectivity index is 1.57. The Kier molecular flexibility index (Phi) is 2.70. The molecule has 0 spiro atoms.